The number of carbonyl (C=O) groups excluding carboxylic acids is 4. The molecule has 0 spiro atoms. The van der Waals surface area contributed by atoms with E-state index in [2.05, 4.69) is 10.6 Å². The largest absolute Gasteiger partial charge is 0.508 e. The normalized spacial score (nSPS) is 16.5. The average molecular weight is 648 g/mol. The Labute approximate surface area is 280 Å². The highest BCUT2D eigenvalue weighted by molar-refractivity contribution is 5.95. The summed E-state index contributed by atoms with van der Waals surface area (Å²) in [5.41, 5.74) is 16.4. The Morgan fingerprint density at radius 3 is 2.02 bits per heavy atom. The van der Waals surface area contributed by atoms with Crippen LogP contribution < -0.4 is 22.1 Å². The van der Waals surface area contributed by atoms with Gasteiger partial charge in [-0.2, -0.15) is 0 Å². The minimum atomic E-state index is -1.08. The first-order chi connectivity index (χ1) is 23.1. The summed E-state index contributed by atoms with van der Waals surface area (Å²) < 4.78 is 0. The fourth-order valence-corrected chi connectivity index (χ4v) is 6.15. The second kappa shape index (κ2) is 15.4. The summed E-state index contributed by atoms with van der Waals surface area (Å²) in [6.07, 6.45) is 0.578. The fraction of sp³-hybridized carbons (Fsp3) is 0.263. The number of primary amides is 1. The van der Waals surface area contributed by atoms with E-state index in [1.807, 2.05) is 84.9 Å². The van der Waals surface area contributed by atoms with Gasteiger partial charge in [0, 0.05) is 25.3 Å². The van der Waals surface area contributed by atoms with Gasteiger partial charge in [-0.1, -0.05) is 104 Å². The van der Waals surface area contributed by atoms with E-state index >= 15 is 0 Å². The van der Waals surface area contributed by atoms with E-state index < -0.39 is 53.7 Å². The number of carbonyl (C=O) groups is 4. The predicted molar refractivity (Wildman–Crippen MR) is 182 cm³/mol. The van der Waals surface area contributed by atoms with Crippen molar-refractivity contribution in [2.24, 2.45) is 11.5 Å². The zero-order chi connectivity index (χ0) is 34.2. The number of benzene rings is 4. The Balaban J connectivity index is 1.40. The van der Waals surface area contributed by atoms with Crippen molar-refractivity contribution in [1.29, 1.82) is 0 Å². The number of hydrogen-bond donors (Lipinski definition) is 5. The Hall–Kier alpha value is -5.48. The Morgan fingerprint density at radius 1 is 0.792 bits per heavy atom. The van der Waals surface area contributed by atoms with Crippen molar-refractivity contribution in [2.45, 2.75) is 62.8 Å². The number of phenolic OH excluding ortho intramolecular Hbond substituents is 1. The molecular formula is C38H41N5O5. The molecule has 0 saturated heterocycles. The van der Waals surface area contributed by atoms with Gasteiger partial charge in [-0.25, -0.2) is 0 Å². The molecule has 1 heterocycles. The fourth-order valence-electron chi connectivity index (χ4n) is 6.15. The molecule has 0 aromatic heterocycles. The number of phenols is 1. The van der Waals surface area contributed by atoms with Crippen LogP contribution in [-0.4, -0.2) is 57.8 Å². The Kier molecular flexibility index (Phi) is 10.9. The van der Waals surface area contributed by atoms with Crippen LogP contribution in [-0.2, 0) is 45.0 Å². The van der Waals surface area contributed by atoms with Gasteiger partial charge in [-0.05, 0) is 46.4 Å². The SMILES string of the molecule is C[C@H](c1ccccc1)[C@H](NC(=O)[C@H](Cc1ccccc1)NC(=O)[C@@H]1Cc2ccccc2CN1C(=O)[C@@H](N)Cc1ccc(O)cc1)C(N)=O. The molecule has 7 N–H and O–H groups in total. The van der Waals surface area contributed by atoms with Gasteiger partial charge in [0.25, 0.3) is 0 Å². The second-order valence-corrected chi connectivity index (χ2v) is 12.3. The number of amides is 4. The van der Waals surface area contributed by atoms with Crippen molar-refractivity contribution in [1.82, 2.24) is 15.5 Å². The molecule has 48 heavy (non-hydrogen) atoms. The van der Waals surface area contributed by atoms with Gasteiger partial charge >= 0.3 is 0 Å². The topological polar surface area (TPSA) is 168 Å². The predicted octanol–water partition coefficient (Wildman–Crippen LogP) is 2.72. The number of rotatable bonds is 12. The Bertz CT molecular complexity index is 1730. The molecule has 1 aliphatic rings. The summed E-state index contributed by atoms with van der Waals surface area (Å²) in [4.78, 5) is 56.0. The highest BCUT2D eigenvalue weighted by atomic mass is 16.3. The molecule has 0 unspecified atom stereocenters. The van der Waals surface area contributed by atoms with E-state index in [4.69, 9.17) is 11.5 Å². The van der Waals surface area contributed by atoms with Crippen LogP contribution in [0.5, 0.6) is 5.75 Å². The van der Waals surface area contributed by atoms with Gasteiger partial charge in [-0.15, -0.1) is 0 Å². The number of nitrogens with one attached hydrogen (secondary N) is 2. The lowest BCUT2D eigenvalue weighted by atomic mass is 9.91. The van der Waals surface area contributed by atoms with Crippen LogP contribution >= 0.6 is 0 Å². The van der Waals surface area contributed by atoms with Crippen LogP contribution in [0.1, 0.15) is 40.7 Å². The molecule has 0 bridgehead atoms. The standard InChI is InChI=1S/C38H41N5O5/c1-24(27-12-6-3-7-13-27)34(35(40)45)42-36(46)32(21-25-10-4-2-5-11-25)41-37(47)33-22-28-14-8-9-15-29(28)23-43(33)38(48)31(39)20-26-16-18-30(44)19-17-26/h2-19,24,31-34,44H,20-23,39H2,1H3,(H2,40,45)(H,41,47)(H,42,46)/t24-,31+,32+,33+,34+/m1/s1. The minimum Gasteiger partial charge on any atom is -0.508 e. The van der Waals surface area contributed by atoms with Gasteiger partial charge in [0.2, 0.25) is 23.6 Å². The zero-order valence-corrected chi connectivity index (χ0v) is 26.8. The maximum absolute atomic E-state index is 14.2. The summed E-state index contributed by atoms with van der Waals surface area (Å²) in [5, 5.41) is 15.3. The van der Waals surface area contributed by atoms with Crippen molar-refractivity contribution >= 4 is 23.6 Å². The smallest absolute Gasteiger partial charge is 0.243 e. The molecular weight excluding hydrogens is 606 g/mol. The van der Waals surface area contributed by atoms with Gasteiger partial charge < -0.3 is 32.1 Å². The van der Waals surface area contributed by atoms with Gasteiger partial charge in [0.05, 0.1) is 6.04 Å². The first kappa shape index (κ1) is 33.9. The highest BCUT2D eigenvalue weighted by Crippen LogP contribution is 2.25. The molecule has 0 fully saturated rings. The minimum absolute atomic E-state index is 0.105. The Morgan fingerprint density at radius 2 is 1.38 bits per heavy atom. The van der Waals surface area contributed by atoms with Crippen LogP contribution in [0, 0.1) is 0 Å². The molecule has 10 nitrogen and oxygen atoms in total. The molecule has 4 aromatic rings. The van der Waals surface area contributed by atoms with E-state index in [1.54, 1.807) is 19.1 Å². The molecule has 248 valence electrons. The quantitative estimate of drug-likeness (QED) is 0.159. The molecule has 1 aliphatic heterocycles. The summed E-state index contributed by atoms with van der Waals surface area (Å²) in [7, 11) is 0. The molecule has 4 aromatic carbocycles. The van der Waals surface area contributed by atoms with Crippen molar-refractivity contribution in [3.8, 4) is 5.75 Å². The second-order valence-electron chi connectivity index (χ2n) is 12.3. The lowest BCUT2D eigenvalue weighted by molar-refractivity contribution is -0.143. The number of hydrogen-bond acceptors (Lipinski definition) is 6. The third kappa shape index (κ3) is 8.26. The third-order valence-corrected chi connectivity index (χ3v) is 8.89. The number of aromatic hydroxyl groups is 1. The van der Waals surface area contributed by atoms with E-state index in [1.165, 1.54) is 17.0 Å². The van der Waals surface area contributed by atoms with Crippen molar-refractivity contribution in [3.05, 3.63) is 137 Å². The number of nitrogens with zero attached hydrogens (tertiary/aromatic N) is 1. The zero-order valence-electron chi connectivity index (χ0n) is 26.8. The molecule has 0 aliphatic carbocycles. The third-order valence-electron chi connectivity index (χ3n) is 8.89. The van der Waals surface area contributed by atoms with Crippen molar-refractivity contribution < 1.29 is 24.3 Å². The molecule has 5 atom stereocenters. The van der Waals surface area contributed by atoms with E-state index in [9.17, 15) is 24.3 Å². The van der Waals surface area contributed by atoms with Crippen LogP contribution in [0.15, 0.2) is 109 Å². The number of fused-ring (bicyclic) bond motifs is 1. The van der Waals surface area contributed by atoms with E-state index in [-0.39, 0.29) is 31.6 Å². The van der Waals surface area contributed by atoms with Gasteiger partial charge in [0.15, 0.2) is 0 Å². The van der Waals surface area contributed by atoms with Crippen molar-refractivity contribution in [3.63, 3.8) is 0 Å². The summed E-state index contributed by atoms with van der Waals surface area (Å²) in [5.74, 6) is -2.53. The van der Waals surface area contributed by atoms with Crippen LogP contribution in [0.2, 0.25) is 0 Å². The first-order valence-corrected chi connectivity index (χ1v) is 16.0. The van der Waals surface area contributed by atoms with E-state index in [0.29, 0.717) is 0 Å². The average Bonchev–Trinajstić information content (AvgIpc) is 3.10. The van der Waals surface area contributed by atoms with Crippen LogP contribution in [0.3, 0.4) is 0 Å². The maximum Gasteiger partial charge on any atom is 0.243 e. The van der Waals surface area contributed by atoms with Crippen molar-refractivity contribution in [2.75, 3.05) is 0 Å². The van der Waals surface area contributed by atoms with E-state index in [0.717, 1.165) is 27.8 Å². The van der Waals surface area contributed by atoms with Gasteiger partial charge in [-0.3, -0.25) is 19.2 Å². The number of nitrogens with two attached hydrogens (primary N) is 2. The van der Waals surface area contributed by atoms with Gasteiger partial charge in [0.1, 0.15) is 23.9 Å². The lowest BCUT2D eigenvalue weighted by Crippen LogP contribution is -2.60. The molecule has 0 radical (unpaired) electrons. The van der Waals surface area contributed by atoms with Crippen LogP contribution in [0.4, 0.5) is 0 Å². The summed E-state index contributed by atoms with van der Waals surface area (Å²) in [6.45, 7) is 1.98. The summed E-state index contributed by atoms with van der Waals surface area (Å²) in [6, 6.07) is 28.5. The first-order valence-electron chi connectivity index (χ1n) is 16.0. The molecule has 5 rings (SSSR count). The maximum atomic E-state index is 14.2. The highest BCUT2D eigenvalue weighted by Gasteiger charge is 2.38. The molecule has 0 saturated carbocycles. The molecule has 10 heteroatoms. The summed E-state index contributed by atoms with van der Waals surface area (Å²) >= 11 is 0. The lowest BCUT2D eigenvalue weighted by Gasteiger charge is -2.38. The molecule has 4 amide bonds. The van der Waals surface area contributed by atoms with Crippen LogP contribution in [0.25, 0.3) is 0 Å². The monoisotopic (exact) mass is 647 g/mol.